The Bertz CT molecular complexity index is 1080. The van der Waals surface area contributed by atoms with Crippen LogP contribution in [0.1, 0.15) is 17.3 Å². The smallest absolute Gasteiger partial charge is 0.462 e. The van der Waals surface area contributed by atoms with Crippen LogP contribution >= 0.6 is 7.82 Å². The number of esters is 1. The molecule has 0 aliphatic heterocycles. The standard InChI is InChI=1S/C15H12NO8P/c1-2-22-15(18)9-7-11-12(16-14(9)24-25(19,20)21)13(17)8-5-3-4-6-10(8)23-11/h3-7H,2H2,1H3,(H2,19,20,21). The van der Waals surface area contributed by atoms with Gasteiger partial charge in [-0.1, -0.05) is 12.1 Å². The molecule has 0 aliphatic rings. The van der Waals surface area contributed by atoms with Crippen LogP contribution in [0, 0.1) is 0 Å². The first-order chi connectivity index (χ1) is 11.8. The Balaban J connectivity index is 2.34. The molecule has 0 amide bonds. The van der Waals surface area contributed by atoms with E-state index in [1.807, 2.05) is 0 Å². The predicted octanol–water partition coefficient (Wildman–Crippen LogP) is 1.99. The van der Waals surface area contributed by atoms with E-state index in [0.717, 1.165) is 6.07 Å². The van der Waals surface area contributed by atoms with E-state index in [4.69, 9.17) is 18.9 Å². The molecule has 0 saturated carbocycles. The van der Waals surface area contributed by atoms with Gasteiger partial charge in [0.1, 0.15) is 11.1 Å². The third kappa shape index (κ3) is 3.39. The topological polar surface area (TPSA) is 136 Å². The molecule has 2 heterocycles. The number of aromatic nitrogens is 1. The van der Waals surface area contributed by atoms with E-state index < -0.39 is 25.1 Å². The van der Waals surface area contributed by atoms with Crippen LogP contribution in [0.25, 0.3) is 22.1 Å². The maximum absolute atomic E-state index is 12.5. The highest BCUT2D eigenvalue weighted by molar-refractivity contribution is 7.46. The van der Waals surface area contributed by atoms with E-state index in [2.05, 4.69) is 9.51 Å². The summed E-state index contributed by atoms with van der Waals surface area (Å²) in [4.78, 5) is 46.4. The van der Waals surface area contributed by atoms with E-state index >= 15 is 0 Å². The fourth-order valence-electron chi connectivity index (χ4n) is 2.25. The van der Waals surface area contributed by atoms with Gasteiger partial charge in [-0.15, -0.1) is 0 Å². The van der Waals surface area contributed by atoms with Crippen LogP contribution in [0.4, 0.5) is 0 Å². The van der Waals surface area contributed by atoms with E-state index in [-0.39, 0.29) is 34.2 Å². The average Bonchev–Trinajstić information content (AvgIpc) is 2.54. The molecule has 25 heavy (non-hydrogen) atoms. The first kappa shape index (κ1) is 17.1. The second-order valence-electron chi connectivity index (χ2n) is 4.92. The number of phosphoric acid groups is 1. The van der Waals surface area contributed by atoms with Crippen LogP contribution in [0.5, 0.6) is 5.88 Å². The van der Waals surface area contributed by atoms with Gasteiger partial charge in [0.2, 0.25) is 11.3 Å². The van der Waals surface area contributed by atoms with Crippen molar-refractivity contribution < 1.29 is 32.8 Å². The van der Waals surface area contributed by atoms with Crippen LogP contribution in [0.2, 0.25) is 0 Å². The molecule has 0 radical (unpaired) electrons. The number of para-hydroxylation sites is 1. The fourth-order valence-corrected chi connectivity index (χ4v) is 2.61. The summed E-state index contributed by atoms with van der Waals surface area (Å²) in [6.07, 6.45) is 0. The van der Waals surface area contributed by atoms with Gasteiger partial charge < -0.3 is 13.7 Å². The van der Waals surface area contributed by atoms with Crippen LogP contribution in [0.3, 0.4) is 0 Å². The highest BCUT2D eigenvalue weighted by atomic mass is 31.2. The van der Waals surface area contributed by atoms with Crippen molar-refractivity contribution in [3.8, 4) is 5.88 Å². The molecule has 3 rings (SSSR count). The summed E-state index contributed by atoms with van der Waals surface area (Å²) in [5.41, 5.74) is -0.876. The minimum Gasteiger partial charge on any atom is -0.462 e. The average molecular weight is 365 g/mol. The quantitative estimate of drug-likeness (QED) is 0.404. The molecule has 0 atom stereocenters. The summed E-state index contributed by atoms with van der Waals surface area (Å²) >= 11 is 0. The molecule has 3 aromatic rings. The monoisotopic (exact) mass is 365 g/mol. The molecule has 0 saturated heterocycles. The van der Waals surface area contributed by atoms with Gasteiger partial charge in [-0.3, -0.25) is 14.6 Å². The van der Waals surface area contributed by atoms with Crippen molar-refractivity contribution in [2.24, 2.45) is 0 Å². The lowest BCUT2D eigenvalue weighted by Crippen LogP contribution is -2.11. The number of carbonyl (C=O) groups excluding carboxylic acids is 1. The van der Waals surface area contributed by atoms with Crippen LogP contribution < -0.4 is 9.95 Å². The SMILES string of the molecule is CCOC(=O)c1cc2oc3ccccc3c(=O)c2nc1OP(=O)(O)O. The van der Waals surface area contributed by atoms with Crippen molar-refractivity contribution in [3.05, 3.63) is 46.1 Å². The number of benzene rings is 1. The summed E-state index contributed by atoms with van der Waals surface area (Å²) < 4.78 is 26.0. The van der Waals surface area contributed by atoms with Crippen molar-refractivity contribution in [2.75, 3.05) is 6.61 Å². The van der Waals surface area contributed by atoms with Crippen molar-refractivity contribution in [2.45, 2.75) is 6.92 Å². The normalized spacial score (nSPS) is 11.6. The van der Waals surface area contributed by atoms with E-state index in [9.17, 15) is 14.2 Å². The maximum Gasteiger partial charge on any atom is 0.526 e. The van der Waals surface area contributed by atoms with E-state index in [1.54, 1.807) is 25.1 Å². The molecule has 0 fully saturated rings. The van der Waals surface area contributed by atoms with E-state index in [0.29, 0.717) is 0 Å². The number of hydrogen-bond acceptors (Lipinski definition) is 7. The zero-order chi connectivity index (χ0) is 18.2. The van der Waals surface area contributed by atoms with Crippen molar-refractivity contribution in [1.82, 2.24) is 4.98 Å². The largest absolute Gasteiger partial charge is 0.526 e. The Kier molecular flexibility index (Phi) is 4.30. The molecule has 0 bridgehead atoms. The summed E-state index contributed by atoms with van der Waals surface area (Å²) in [5, 5.41) is 0.230. The van der Waals surface area contributed by atoms with Crippen LogP contribution in [-0.2, 0) is 9.30 Å². The van der Waals surface area contributed by atoms with Gasteiger partial charge >= 0.3 is 13.8 Å². The first-order valence-corrected chi connectivity index (χ1v) is 8.62. The number of carbonyl (C=O) groups is 1. The van der Waals surface area contributed by atoms with Gasteiger partial charge in [-0.25, -0.2) is 14.3 Å². The Labute approximate surface area is 140 Å². The summed E-state index contributed by atoms with van der Waals surface area (Å²) in [7, 11) is -5.02. The molecule has 0 spiro atoms. The molecular weight excluding hydrogens is 353 g/mol. The van der Waals surface area contributed by atoms with Gasteiger partial charge in [0.15, 0.2) is 11.1 Å². The molecule has 10 heteroatoms. The van der Waals surface area contributed by atoms with Gasteiger partial charge in [0.25, 0.3) is 0 Å². The Morgan fingerprint density at radius 3 is 2.68 bits per heavy atom. The minimum absolute atomic E-state index is 0.0217. The van der Waals surface area contributed by atoms with Crippen molar-refractivity contribution in [1.29, 1.82) is 0 Å². The number of fused-ring (bicyclic) bond motifs is 2. The first-order valence-electron chi connectivity index (χ1n) is 7.09. The molecule has 0 aliphatic carbocycles. The third-order valence-corrected chi connectivity index (χ3v) is 3.63. The zero-order valence-electron chi connectivity index (χ0n) is 12.8. The Morgan fingerprint density at radius 2 is 2.00 bits per heavy atom. The zero-order valence-corrected chi connectivity index (χ0v) is 13.7. The van der Waals surface area contributed by atoms with Gasteiger partial charge in [-0.05, 0) is 19.1 Å². The molecule has 1 aromatic carbocycles. The lowest BCUT2D eigenvalue weighted by atomic mass is 10.2. The van der Waals surface area contributed by atoms with Crippen molar-refractivity contribution in [3.63, 3.8) is 0 Å². The van der Waals surface area contributed by atoms with Crippen LogP contribution in [-0.4, -0.2) is 27.3 Å². The number of phosphoric ester groups is 1. The molecular formula is C15H12NO8P. The predicted molar refractivity (Wildman–Crippen MR) is 86.4 cm³/mol. The minimum atomic E-state index is -5.02. The van der Waals surface area contributed by atoms with Gasteiger partial charge in [-0.2, -0.15) is 0 Å². The molecule has 2 aromatic heterocycles. The summed E-state index contributed by atoms with van der Waals surface area (Å²) in [5.74, 6) is -1.63. The fraction of sp³-hybridized carbons (Fsp3) is 0.133. The van der Waals surface area contributed by atoms with Gasteiger partial charge in [0.05, 0.1) is 12.0 Å². The third-order valence-electron chi connectivity index (χ3n) is 3.22. The summed E-state index contributed by atoms with van der Waals surface area (Å²) in [6.45, 7) is 1.58. The maximum atomic E-state index is 12.5. The number of ether oxygens (including phenoxy) is 1. The molecule has 130 valence electrons. The Hall–Kier alpha value is -2.74. The summed E-state index contributed by atoms with van der Waals surface area (Å²) in [6, 6.07) is 7.50. The second kappa shape index (κ2) is 6.29. The van der Waals surface area contributed by atoms with Crippen molar-refractivity contribution >= 4 is 35.9 Å². The second-order valence-corrected chi connectivity index (χ2v) is 6.08. The lowest BCUT2D eigenvalue weighted by molar-refractivity contribution is 0.0523. The number of hydrogen-bond donors (Lipinski definition) is 2. The highest BCUT2D eigenvalue weighted by Gasteiger charge is 2.26. The van der Waals surface area contributed by atoms with Gasteiger partial charge in [0, 0.05) is 6.07 Å². The highest BCUT2D eigenvalue weighted by Crippen LogP contribution is 2.39. The Morgan fingerprint density at radius 1 is 1.28 bits per heavy atom. The number of nitrogens with zero attached hydrogens (tertiary/aromatic N) is 1. The number of pyridine rings is 1. The molecule has 0 unspecified atom stereocenters. The lowest BCUT2D eigenvalue weighted by Gasteiger charge is -2.11. The number of rotatable bonds is 4. The van der Waals surface area contributed by atoms with E-state index in [1.165, 1.54) is 6.07 Å². The molecule has 9 nitrogen and oxygen atoms in total. The van der Waals surface area contributed by atoms with Crippen LogP contribution in [0.15, 0.2) is 39.5 Å². The molecule has 2 N–H and O–H groups in total.